The van der Waals surface area contributed by atoms with Crippen molar-refractivity contribution in [1.82, 2.24) is 0 Å². The summed E-state index contributed by atoms with van der Waals surface area (Å²) in [7, 11) is -4.63. The number of benzene rings is 1. The molecule has 1 aromatic carbocycles. The smallest absolute Gasteiger partial charge is 0.507 e. The predicted octanol–water partition coefficient (Wildman–Crippen LogP) is 5.77. The molecule has 0 atom stereocenters. The average molecular weight is 528 g/mol. The molecule has 3 nitrogen and oxygen atoms in total. The highest BCUT2D eigenvalue weighted by Gasteiger charge is 2.64. The second-order valence-electron chi connectivity index (χ2n) is 5.50. The van der Waals surface area contributed by atoms with E-state index in [-0.39, 0.29) is 0 Å². The van der Waals surface area contributed by atoms with Crippen LogP contribution in [0.5, 0.6) is 5.75 Å². The SMILES string of the molecule is Fc1c(F)c(F)c(OB(OC(C(F)(F)F)C(F)(F)F)OC(C(F)(F)F)C(F)(F)F)c(F)c1F. The van der Waals surface area contributed by atoms with Gasteiger partial charge in [0.25, 0.3) is 0 Å². The Morgan fingerprint density at radius 3 is 0.939 bits per heavy atom. The minimum atomic E-state index is -6.66. The fourth-order valence-corrected chi connectivity index (χ4v) is 1.77. The van der Waals surface area contributed by atoms with Gasteiger partial charge in [-0.05, 0) is 0 Å². The van der Waals surface area contributed by atoms with Crippen molar-refractivity contribution in [3.05, 3.63) is 29.1 Å². The van der Waals surface area contributed by atoms with Crippen LogP contribution in [0.1, 0.15) is 0 Å². The second kappa shape index (κ2) is 9.22. The third-order valence-corrected chi connectivity index (χ3v) is 3.07. The molecule has 0 fully saturated rings. The summed E-state index contributed by atoms with van der Waals surface area (Å²) < 4.78 is 226. The molecule has 0 heterocycles. The van der Waals surface area contributed by atoms with Crippen molar-refractivity contribution < 1.29 is 88.6 Å². The van der Waals surface area contributed by atoms with E-state index in [4.69, 9.17) is 0 Å². The van der Waals surface area contributed by atoms with E-state index in [0.717, 1.165) is 0 Å². The molecule has 1 rings (SSSR count). The van der Waals surface area contributed by atoms with Crippen molar-refractivity contribution in [2.45, 2.75) is 36.9 Å². The molecule has 0 radical (unpaired) electrons. The van der Waals surface area contributed by atoms with Gasteiger partial charge in [0.1, 0.15) is 0 Å². The van der Waals surface area contributed by atoms with E-state index in [0.29, 0.717) is 0 Å². The summed E-state index contributed by atoms with van der Waals surface area (Å²) >= 11 is 0. The normalized spacial score (nSPS) is 13.8. The molecule has 0 aliphatic carbocycles. The van der Waals surface area contributed by atoms with Gasteiger partial charge >= 0.3 is 32.0 Å². The third kappa shape index (κ3) is 6.90. The maximum absolute atomic E-state index is 13.5. The minimum absolute atomic E-state index is 2.86. The first kappa shape index (κ1) is 28.8. The van der Waals surface area contributed by atoms with Crippen LogP contribution in [0, 0.1) is 29.1 Å². The highest BCUT2D eigenvalue weighted by molar-refractivity contribution is 6.37. The van der Waals surface area contributed by atoms with E-state index in [1.54, 1.807) is 0 Å². The van der Waals surface area contributed by atoms with E-state index < -0.39 is 79.1 Å². The first-order valence-corrected chi connectivity index (χ1v) is 7.25. The standard InChI is InChI=1S/C12H2BF17O3/c14-1-2(15)4(17)6(5(18)3(1)16)31-13(32-7(9(19,20)21)10(22,23)24)33-8(11(25,26)27)12(28,29)30/h7-8H. The maximum atomic E-state index is 13.5. The maximum Gasteiger partial charge on any atom is 0.714 e. The first-order chi connectivity index (χ1) is 14.5. The summed E-state index contributed by atoms with van der Waals surface area (Å²) in [5.74, 6) is -18.3. The molecule has 0 spiro atoms. The largest absolute Gasteiger partial charge is 0.714 e. The second-order valence-corrected chi connectivity index (χ2v) is 5.50. The Bertz CT molecular complexity index is 751. The van der Waals surface area contributed by atoms with Crippen LogP contribution in [-0.2, 0) is 9.31 Å². The molecule has 21 heteroatoms. The lowest BCUT2D eigenvalue weighted by atomic mass is 10.1. The van der Waals surface area contributed by atoms with Gasteiger partial charge in [-0.25, -0.2) is 13.2 Å². The number of halogens is 17. The van der Waals surface area contributed by atoms with Crippen LogP contribution < -0.4 is 4.65 Å². The molecular formula is C12H2BF17O3. The predicted molar refractivity (Wildman–Crippen MR) is 66.6 cm³/mol. The molecule has 0 N–H and O–H groups in total. The summed E-state index contributed by atoms with van der Waals surface area (Å²) in [5.41, 5.74) is 0. The van der Waals surface area contributed by atoms with Gasteiger partial charge in [-0.3, -0.25) is 0 Å². The van der Waals surface area contributed by atoms with Crippen LogP contribution in [0.15, 0.2) is 0 Å². The Balaban J connectivity index is 3.61. The van der Waals surface area contributed by atoms with Gasteiger partial charge in [0.15, 0.2) is 5.75 Å². The van der Waals surface area contributed by atoms with E-state index in [1.165, 1.54) is 0 Å². The Labute approximate surface area is 169 Å². The van der Waals surface area contributed by atoms with E-state index >= 15 is 0 Å². The Morgan fingerprint density at radius 1 is 0.455 bits per heavy atom. The van der Waals surface area contributed by atoms with Crippen molar-refractivity contribution in [2.75, 3.05) is 0 Å². The van der Waals surface area contributed by atoms with Crippen molar-refractivity contribution in [2.24, 2.45) is 0 Å². The summed E-state index contributed by atoms with van der Waals surface area (Å²) in [6, 6.07) is 0. The van der Waals surface area contributed by atoms with Crippen LogP contribution in [0.4, 0.5) is 74.6 Å². The number of rotatable bonds is 6. The molecule has 0 bridgehead atoms. The number of hydrogen-bond donors (Lipinski definition) is 0. The zero-order chi connectivity index (χ0) is 26.3. The molecule has 0 saturated heterocycles. The zero-order valence-electron chi connectivity index (χ0n) is 14.4. The molecule has 1 aromatic rings. The molecule has 0 aliphatic rings. The average Bonchev–Trinajstić information content (AvgIpc) is 2.59. The highest BCUT2D eigenvalue weighted by Crippen LogP contribution is 2.40. The van der Waals surface area contributed by atoms with E-state index in [2.05, 4.69) is 14.0 Å². The molecule has 33 heavy (non-hydrogen) atoms. The summed E-state index contributed by atoms with van der Waals surface area (Å²) in [6.07, 6.45) is -37.3. The minimum Gasteiger partial charge on any atom is -0.507 e. The molecule has 0 amide bonds. The van der Waals surface area contributed by atoms with Crippen molar-refractivity contribution in [3.63, 3.8) is 0 Å². The molecule has 0 unspecified atom stereocenters. The summed E-state index contributed by atoms with van der Waals surface area (Å²) in [5, 5.41) is 0. The van der Waals surface area contributed by atoms with Gasteiger partial charge in [-0.1, -0.05) is 0 Å². The molecule has 0 aliphatic heterocycles. The van der Waals surface area contributed by atoms with Gasteiger partial charge in [-0.2, -0.15) is 61.5 Å². The van der Waals surface area contributed by atoms with Crippen LogP contribution in [0.25, 0.3) is 0 Å². The molecule has 0 saturated carbocycles. The van der Waals surface area contributed by atoms with Crippen molar-refractivity contribution >= 4 is 7.32 Å². The Morgan fingerprint density at radius 2 is 0.697 bits per heavy atom. The van der Waals surface area contributed by atoms with E-state index in [9.17, 15) is 74.6 Å². The highest BCUT2D eigenvalue weighted by atomic mass is 19.4. The molecule has 0 aromatic heterocycles. The quantitative estimate of drug-likeness (QED) is 0.204. The zero-order valence-corrected chi connectivity index (χ0v) is 14.4. The fourth-order valence-electron chi connectivity index (χ4n) is 1.77. The van der Waals surface area contributed by atoms with Crippen LogP contribution in [0.3, 0.4) is 0 Å². The third-order valence-electron chi connectivity index (χ3n) is 3.07. The lowest BCUT2D eigenvalue weighted by molar-refractivity contribution is -0.321. The van der Waals surface area contributed by atoms with Gasteiger partial charge < -0.3 is 14.0 Å². The van der Waals surface area contributed by atoms with Crippen LogP contribution in [-0.4, -0.2) is 44.2 Å². The Kier molecular flexibility index (Phi) is 8.06. The van der Waals surface area contributed by atoms with Gasteiger partial charge in [0.05, 0.1) is 0 Å². The van der Waals surface area contributed by atoms with E-state index in [1.807, 2.05) is 0 Å². The van der Waals surface area contributed by atoms with Gasteiger partial charge in [0, 0.05) is 0 Å². The lowest BCUT2D eigenvalue weighted by Gasteiger charge is -2.29. The first-order valence-electron chi connectivity index (χ1n) is 7.25. The number of hydrogen-bond acceptors (Lipinski definition) is 3. The van der Waals surface area contributed by atoms with Crippen LogP contribution >= 0.6 is 0 Å². The number of alkyl halides is 12. The summed E-state index contributed by atoms with van der Waals surface area (Å²) in [4.78, 5) is 0. The fraction of sp³-hybridized carbons (Fsp3) is 0.500. The summed E-state index contributed by atoms with van der Waals surface area (Å²) in [6.45, 7) is 0. The molecular weight excluding hydrogens is 526 g/mol. The lowest BCUT2D eigenvalue weighted by Crippen LogP contribution is -2.54. The van der Waals surface area contributed by atoms with Gasteiger partial charge in [-0.15, -0.1) is 0 Å². The Hall–Kier alpha value is -2.19. The van der Waals surface area contributed by atoms with Gasteiger partial charge in [0.2, 0.25) is 41.3 Å². The van der Waals surface area contributed by atoms with Crippen molar-refractivity contribution in [1.29, 1.82) is 0 Å². The monoisotopic (exact) mass is 528 g/mol. The van der Waals surface area contributed by atoms with Crippen molar-refractivity contribution in [3.8, 4) is 5.75 Å². The molecule has 190 valence electrons. The van der Waals surface area contributed by atoms with Crippen LogP contribution in [0.2, 0.25) is 0 Å². The topological polar surface area (TPSA) is 27.7 Å².